The Morgan fingerprint density at radius 2 is 1.87 bits per heavy atom. The van der Waals surface area contributed by atoms with E-state index in [0.29, 0.717) is 48.2 Å². The highest BCUT2D eigenvalue weighted by molar-refractivity contribution is 6.04. The normalized spacial score (nSPS) is 17.0. The second-order valence-corrected chi connectivity index (χ2v) is 9.01. The summed E-state index contributed by atoms with van der Waals surface area (Å²) in [6.45, 7) is 2.86. The molecule has 3 aromatic rings. The van der Waals surface area contributed by atoms with Crippen molar-refractivity contribution in [2.75, 3.05) is 32.1 Å². The maximum absolute atomic E-state index is 13.5. The number of aliphatic imine (C=N–C) groups is 1. The lowest BCUT2D eigenvalue weighted by Crippen LogP contribution is -2.56. The smallest absolute Gasteiger partial charge is 0.416 e. The van der Waals surface area contributed by atoms with Gasteiger partial charge in [0.2, 0.25) is 0 Å². The van der Waals surface area contributed by atoms with Crippen molar-refractivity contribution in [2.45, 2.75) is 19.1 Å². The third kappa shape index (κ3) is 5.09. The van der Waals surface area contributed by atoms with Crippen LogP contribution in [0.1, 0.15) is 18.1 Å². The summed E-state index contributed by atoms with van der Waals surface area (Å²) in [7, 11) is 1.51. The van der Waals surface area contributed by atoms with Crippen LogP contribution in [0.5, 0.6) is 17.2 Å². The van der Waals surface area contributed by atoms with Crippen molar-refractivity contribution in [1.29, 1.82) is 0 Å². The van der Waals surface area contributed by atoms with Crippen LogP contribution in [0.4, 0.5) is 33.7 Å². The first-order valence-corrected chi connectivity index (χ1v) is 11.9. The molecule has 7 nitrogen and oxygen atoms in total. The second kappa shape index (κ2) is 9.88. The Bertz CT molecular complexity index is 1410. The highest BCUT2D eigenvalue weighted by Gasteiger charge is 2.34. The number of alkyl halides is 3. The molecule has 0 spiro atoms. The first kappa shape index (κ1) is 25.4. The molecule has 5 rings (SSSR count). The maximum Gasteiger partial charge on any atom is 0.416 e. The van der Waals surface area contributed by atoms with E-state index in [9.17, 15) is 22.4 Å². The van der Waals surface area contributed by atoms with E-state index in [1.807, 2.05) is 11.8 Å². The highest BCUT2D eigenvalue weighted by Crippen LogP contribution is 2.42. The number of piperazine rings is 1. The molecule has 1 saturated heterocycles. The fourth-order valence-electron chi connectivity index (χ4n) is 4.51. The summed E-state index contributed by atoms with van der Waals surface area (Å²) in [5, 5.41) is 2.71. The molecule has 198 valence electrons. The number of benzene rings is 3. The molecule has 0 saturated carbocycles. The van der Waals surface area contributed by atoms with E-state index in [1.54, 1.807) is 29.2 Å². The van der Waals surface area contributed by atoms with Crippen molar-refractivity contribution >= 4 is 23.2 Å². The summed E-state index contributed by atoms with van der Waals surface area (Å²) in [6.07, 6.45) is -4.54. The summed E-state index contributed by atoms with van der Waals surface area (Å²) in [5.41, 5.74) is 0.106. The molecule has 0 radical (unpaired) electrons. The van der Waals surface area contributed by atoms with Crippen LogP contribution in [0.25, 0.3) is 0 Å². The van der Waals surface area contributed by atoms with Crippen LogP contribution in [0.3, 0.4) is 0 Å². The van der Waals surface area contributed by atoms with Crippen molar-refractivity contribution in [2.24, 2.45) is 4.99 Å². The summed E-state index contributed by atoms with van der Waals surface area (Å²) in [6, 6.07) is 13.2. The molecule has 1 fully saturated rings. The minimum Gasteiger partial charge on any atom is -0.497 e. The Labute approximate surface area is 216 Å². The third-order valence-corrected chi connectivity index (χ3v) is 6.42. The van der Waals surface area contributed by atoms with E-state index in [2.05, 4.69) is 10.3 Å². The SMILES string of the molecule is COc1ccc2c(c1)C(N1CCN(C(=O)Nc3cccc(F)c3)[C@@H](C)C1)=Nc1cc(C(F)(F)F)ccc1O2. The van der Waals surface area contributed by atoms with Gasteiger partial charge in [-0.2, -0.15) is 13.2 Å². The molecule has 0 aliphatic carbocycles. The number of amidine groups is 1. The van der Waals surface area contributed by atoms with E-state index in [-0.39, 0.29) is 23.5 Å². The van der Waals surface area contributed by atoms with Crippen molar-refractivity contribution in [3.8, 4) is 17.2 Å². The molecular weight excluding hydrogens is 504 g/mol. The van der Waals surface area contributed by atoms with Gasteiger partial charge in [0, 0.05) is 31.4 Å². The van der Waals surface area contributed by atoms with Gasteiger partial charge in [-0.3, -0.25) is 0 Å². The van der Waals surface area contributed by atoms with Gasteiger partial charge in [-0.05, 0) is 61.5 Å². The largest absolute Gasteiger partial charge is 0.497 e. The number of carbonyl (C=O) groups excluding carboxylic acids is 1. The summed E-state index contributed by atoms with van der Waals surface area (Å²) in [4.78, 5) is 21.1. The van der Waals surface area contributed by atoms with Crippen LogP contribution < -0.4 is 14.8 Å². The van der Waals surface area contributed by atoms with E-state index >= 15 is 0 Å². The predicted molar refractivity (Wildman–Crippen MR) is 134 cm³/mol. The lowest BCUT2D eigenvalue weighted by atomic mass is 10.1. The van der Waals surface area contributed by atoms with Crippen molar-refractivity contribution in [1.82, 2.24) is 9.80 Å². The molecule has 0 bridgehead atoms. The van der Waals surface area contributed by atoms with Crippen molar-refractivity contribution in [3.05, 3.63) is 77.6 Å². The number of carbonyl (C=O) groups is 1. The minimum atomic E-state index is -4.54. The minimum absolute atomic E-state index is 0.0453. The third-order valence-electron chi connectivity index (χ3n) is 6.42. The number of rotatable bonds is 2. The fraction of sp³-hybridized carbons (Fsp3) is 0.259. The van der Waals surface area contributed by atoms with Gasteiger partial charge in [-0.15, -0.1) is 0 Å². The first-order valence-electron chi connectivity index (χ1n) is 11.9. The van der Waals surface area contributed by atoms with Crippen LogP contribution in [0, 0.1) is 5.82 Å². The molecule has 2 aliphatic heterocycles. The van der Waals surface area contributed by atoms with Gasteiger partial charge >= 0.3 is 12.2 Å². The first-order chi connectivity index (χ1) is 18.1. The number of hydrogen-bond acceptors (Lipinski definition) is 5. The summed E-state index contributed by atoms with van der Waals surface area (Å²) >= 11 is 0. The molecule has 1 N–H and O–H groups in total. The van der Waals surface area contributed by atoms with Crippen LogP contribution in [0.15, 0.2) is 65.7 Å². The Kier molecular flexibility index (Phi) is 6.60. The lowest BCUT2D eigenvalue weighted by Gasteiger charge is -2.41. The maximum atomic E-state index is 13.5. The molecule has 2 aliphatic rings. The van der Waals surface area contributed by atoms with Gasteiger partial charge in [0.1, 0.15) is 28.8 Å². The number of anilines is 1. The molecule has 1 atom stereocenters. The van der Waals surface area contributed by atoms with Crippen LogP contribution in [-0.2, 0) is 6.18 Å². The zero-order chi connectivity index (χ0) is 27.0. The number of nitrogens with zero attached hydrogens (tertiary/aromatic N) is 3. The fourth-order valence-corrected chi connectivity index (χ4v) is 4.51. The van der Waals surface area contributed by atoms with E-state index in [1.165, 1.54) is 31.4 Å². The predicted octanol–water partition coefficient (Wildman–Crippen LogP) is 6.28. The molecule has 0 unspecified atom stereocenters. The number of urea groups is 1. The van der Waals surface area contributed by atoms with Gasteiger partial charge in [-0.1, -0.05) is 6.07 Å². The average molecular weight is 529 g/mol. The number of nitrogens with one attached hydrogen (secondary N) is 1. The Hall–Kier alpha value is -4.28. The Morgan fingerprint density at radius 3 is 2.58 bits per heavy atom. The molecule has 2 amide bonds. The van der Waals surface area contributed by atoms with Crippen LogP contribution >= 0.6 is 0 Å². The van der Waals surface area contributed by atoms with E-state index in [4.69, 9.17) is 9.47 Å². The quantitative estimate of drug-likeness (QED) is 0.398. The number of halogens is 4. The summed E-state index contributed by atoms with van der Waals surface area (Å²) in [5.74, 6) is 1.09. The number of amides is 2. The number of ether oxygens (including phenoxy) is 2. The van der Waals surface area contributed by atoms with E-state index < -0.39 is 17.6 Å². The molecule has 38 heavy (non-hydrogen) atoms. The van der Waals surface area contributed by atoms with Gasteiger partial charge in [0.15, 0.2) is 5.75 Å². The highest BCUT2D eigenvalue weighted by atomic mass is 19.4. The number of hydrogen-bond donors (Lipinski definition) is 1. The lowest BCUT2D eigenvalue weighted by molar-refractivity contribution is -0.137. The monoisotopic (exact) mass is 528 g/mol. The average Bonchev–Trinajstić information content (AvgIpc) is 3.03. The van der Waals surface area contributed by atoms with Gasteiger partial charge in [0.05, 0.1) is 18.2 Å². The standard InChI is InChI=1S/C27H24F4N4O3/c1-16-15-34(10-11-35(16)26(36)32-19-5-3-4-18(28)13-19)25-21-14-20(37-2)7-9-23(21)38-24-8-6-17(27(29,30)31)12-22(24)33-25/h3-9,12-14,16H,10-11,15H2,1-2H3,(H,32,36)/t16-/m0/s1. The zero-order valence-corrected chi connectivity index (χ0v) is 20.6. The molecule has 2 heterocycles. The van der Waals surface area contributed by atoms with Gasteiger partial charge in [0.25, 0.3) is 0 Å². The Morgan fingerprint density at radius 1 is 1.08 bits per heavy atom. The number of fused-ring (bicyclic) bond motifs is 2. The Balaban J connectivity index is 1.46. The summed E-state index contributed by atoms with van der Waals surface area (Å²) < 4.78 is 65.2. The second-order valence-electron chi connectivity index (χ2n) is 9.01. The molecule has 3 aromatic carbocycles. The molecular formula is C27H24F4N4O3. The topological polar surface area (TPSA) is 66.4 Å². The molecule has 0 aromatic heterocycles. The number of methoxy groups -OCH3 is 1. The van der Waals surface area contributed by atoms with E-state index in [0.717, 1.165) is 12.1 Å². The van der Waals surface area contributed by atoms with Gasteiger partial charge < -0.3 is 24.6 Å². The van der Waals surface area contributed by atoms with Crippen molar-refractivity contribution in [3.63, 3.8) is 0 Å². The molecule has 11 heteroatoms. The van der Waals surface area contributed by atoms with Gasteiger partial charge in [-0.25, -0.2) is 14.2 Å². The zero-order valence-electron chi connectivity index (χ0n) is 20.6. The van der Waals surface area contributed by atoms with Crippen LogP contribution in [-0.4, -0.2) is 54.5 Å². The van der Waals surface area contributed by atoms with Crippen molar-refractivity contribution < 1.29 is 31.8 Å². The van der Waals surface area contributed by atoms with Crippen LogP contribution in [0.2, 0.25) is 0 Å².